The molecule has 4 heteroatoms. The summed E-state index contributed by atoms with van der Waals surface area (Å²) in [6.45, 7) is 6.22. The third-order valence-corrected chi connectivity index (χ3v) is 5.26. The maximum Gasteiger partial charge on any atom is 0.0467 e. The van der Waals surface area contributed by atoms with Crippen LogP contribution in [0.3, 0.4) is 0 Å². The zero-order valence-electron chi connectivity index (χ0n) is 11.3. The van der Waals surface area contributed by atoms with Crippen LogP contribution in [0.4, 0.5) is 0 Å². The lowest BCUT2D eigenvalue weighted by atomic mass is 10.0. The molecule has 0 aliphatic rings. The average Bonchev–Trinajstić information content (AvgIpc) is 2.34. The SMILES string of the molecule is CCC(C)CN(C)C(CN)c1ccc(Br)c(Br)c1. The van der Waals surface area contributed by atoms with E-state index in [1.165, 1.54) is 12.0 Å². The van der Waals surface area contributed by atoms with Gasteiger partial charge >= 0.3 is 0 Å². The fraction of sp³-hybridized carbons (Fsp3) is 0.571. The van der Waals surface area contributed by atoms with E-state index in [4.69, 9.17) is 5.73 Å². The van der Waals surface area contributed by atoms with Gasteiger partial charge in [-0.2, -0.15) is 0 Å². The standard InChI is InChI=1S/C14H22Br2N2/c1-4-10(2)9-18(3)14(8-17)11-5-6-12(15)13(16)7-11/h5-7,10,14H,4,8-9,17H2,1-3H3. The lowest BCUT2D eigenvalue weighted by Crippen LogP contribution is -2.33. The predicted octanol–water partition coefficient (Wildman–Crippen LogP) is 4.19. The maximum absolute atomic E-state index is 5.94. The molecule has 0 bridgehead atoms. The van der Waals surface area contributed by atoms with Crippen molar-refractivity contribution in [3.8, 4) is 0 Å². The van der Waals surface area contributed by atoms with Crippen molar-refractivity contribution in [2.45, 2.75) is 26.3 Å². The highest BCUT2D eigenvalue weighted by Gasteiger charge is 2.17. The van der Waals surface area contributed by atoms with Crippen LogP contribution in [0, 0.1) is 5.92 Å². The Hall–Kier alpha value is 0.1000. The molecule has 0 fully saturated rings. The first-order chi connectivity index (χ1) is 8.49. The zero-order valence-corrected chi connectivity index (χ0v) is 14.5. The predicted molar refractivity (Wildman–Crippen MR) is 85.7 cm³/mol. The second kappa shape index (κ2) is 7.63. The monoisotopic (exact) mass is 376 g/mol. The smallest absolute Gasteiger partial charge is 0.0467 e. The Morgan fingerprint density at radius 1 is 1.28 bits per heavy atom. The van der Waals surface area contributed by atoms with E-state index in [0.717, 1.165) is 15.5 Å². The Kier molecular flexibility index (Phi) is 6.85. The largest absolute Gasteiger partial charge is 0.329 e. The van der Waals surface area contributed by atoms with Crippen LogP contribution in [0.2, 0.25) is 0 Å². The Morgan fingerprint density at radius 3 is 2.44 bits per heavy atom. The number of benzene rings is 1. The third-order valence-electron chi connectivity index (χ3n) is 3.38. The molecule has 0 aromatic heterocycles. The lowest BCUT2D eigenvalue weighted by Gasteiger charge is -2.29. The molecule has 0 aliphatic carbocycles. The molecule has 2 atom stereocenters. The van der Waals surface area contributed by atoms with E-state index in [1.54, 1.807) is 0 Å². The molecule has 2 N–H and O–H groups in total. The topological polar surface area (TPSA) is 29.3 Å². The second-order valence-electron chi connectivity index (χ2n) is 4.88. The van der Waals surface area contributed by atoms with Crippen LogP contribution < -0.4 is 5.73 Å². The van der Waals surface area contributed by atoms with E-state index in [-0.39, 0.29) is 6.04 Å². The molecule has 0 heterocycles. The summed E-state index contributed by atoms with van der Waals surface area (Å²) in [5, 5.41) is 0. The van der Waals surface area contributed by atoms with Crippen molar-refractivity contribution in [3.05, 3.63) is 32.7 Å². The van der Waals surface area contributed by atoms with Crippen molar-refractivity contribution >= 4 is 31.9 Å². The molecule has 1 aromatic carbocycles. The molecule has 0 aliphatic heterocycles. The fourth-order valence-electron chi connectivity index (χ4n) is 2.04. The molecule has 0 saturated carbocycles. The molecule has 102 valence electrons. The van der Waals surface area contributed by atoms with Gasteiger partial charge in [-0.15, -0.1) is 0 Å². The minimum Gasteiger partial charge on any atom is -0.329 e. The number of likely N-dealkylation sites (N-methyl/N-ethyl adjacent to an activating group) is 1. The summed E-state index contributed by atoms with van der Waals surface area (Å²) < 4.78 is 2.15. The fourth-order valence-corrected chi connectivity index (χ4v) is 2.68. The summed E-state index contributed by atoms with van der Waals surface area (Å²) in [6, 6.07) is 6.64. The van der Waals surface area contributed by atoms with Crippen LogP contribution in [-0.2, 0) is 0 Å². The Labute approximate surface area is 127 Å². The van der Waals surface area contributed by atoms with E-state index in [9.17, 15) is 0 Å². The Morgan fingerprint density at radius 2 is 1.94 bits per heavy atom. The Bertz CT molecular complexity index is 382. The number of hydrogen-bond donors (Lipinski definition) is 1. The van der Waals surface area contributed by atoms with Crippen molar-refractivity contribution in [1.29, 1.82) is 0 Å². The molecule has 18 heavy (non-hydrogen) atoms. The number of halogens is 2. The van der Waals surface area contributed by atoms with Crippen LogP contribution in [0.1, 0.15) is 31.9 Å². The summed E-state index contributed by atoms with van der Waals surface area (Å²) in [5.41, 5.74) is 7.20. The lowest BCUT2D eigenvalue weighted by molar-refractivity contribution is 0.215. The van der Waals surface area contributed by atoms with Gasteiger partial charge in [0.2, 0.25) is 0 Å². The molecule has 0 spiro atoms. The van der Waals surface area contributed by atoms with Gasteiger partial charge in [-0.1, -0.05) is 26.3 Å². The number of hydrogen-bond acceptors (Lipinski definition) is 2. The van der Waals surface area contributed by atoms with Gasteiger partial charge in [0, 0.05) is 28.1 Å². The van der Waals surface area contributed by atoms with Gasteiger partial charge in [0.15, 0.2) is 0 Å². The van der Waals surface area contributed by atoms with E-state index in [0.29, 0.717) is 12.5 Å². The van der Waals surface area contributed by atoms with Crippen LogP contribution in [0.15, 0.2) is 27.1 Å². The molecular formula is C14H22Br2N2. The highest BCUT2D eigenvalue weighted by molar-refractivity contribution is 9.13. The molecule has 0 amide bonds. The highest BCUT2D eigenvalue weighted by Crippen LogP contribution is 2.28. The summed E-state index contributed by atoms with van der Waals surface area (Å²) >= 11 is 7.05. The quantitative estimate of drug-likeness (QED) is 0.805. The summed E-state index contributed by atoms with van der Waals surface area (Å²) in [7, 11) is 2.15. The number of nitrogens with two attached hydrogens (primary N) is 1. The van der Waals surface area contributed by atoms with Crippen molar-refractivity contribution in [2.75, 3.05) is 20.1 Å². The van der Waals surface area contributed by atoms with Gasteiger partial charge in [0.25, 0.3) is 0 Å². The molecule has 1 aromatic rings. The molecule has 0 radical (unpaired) electrons. The molecule has 0 saturated heterocycles. The first kappa shape index (κ1) is 16.2. The number of rotatable bonds is 6. The van der Waals surface area contributed by atoms with Gasteiger partial charge in [0.1, 0.15) is 0 Å². The molecule has 2 nitrogen and oxygen atoms in total. The first-order valence-corrected chi connectivity index (χ1v) is 7.93. The van der Waals surface area contributed by atoms with Gasteiger partial charge in [-0.05, 0) is 62.5 Å². The van der Waals surface area contributed by atoms with Crippen LogP contribution >= 0.6 is 31.9 Å². The van der Waals surface area contributed by atoms with E-state index >= 15 is 0 Å². The van der Waals surface area contributed by atoms with Gasteiger partial charge in [-0.3, -0.25) is 4.90 Å². The summed E-state index contributed by atoms with van der Waals surface area (Å²) in [6.07, 6.45) is 1.20. The third kappa shape index (κ3) is 4.34. The van der Waals surface area contributed by atoms with Crippen molar-refractivity contribution in [1.82, 2.24) is 4.90 Å². The molecule has 1 rings (SSSR count). The Balaban J connectivity index is 2.84. The minimum absolute atomic E-state index is 0.281. The van der Waals surface area contributed by atoms with E-state index < -0.39 is 0 Å². The van der Waals surface area contributed by atoms with Crippen molar-refractivity contribution in [2.24, 2.45) is 11.7 Å². The van der Waals surface area contributed by atoms with Gasteiger partial charge in [-0.25, -0.2) is 0 Å². The average molecular weight is 378 g/mol. The van der Waals surface area contributed by atoms with Crippen molar-refractivity contribution in [3.63, 3.8) is 0 Å². The zero-order chi connectivity index (χ0) is 13.7. The first-order valence-electron chi connectivity index (χ1n) is 6.34. The van der Waals surface area contributed by atoms with Crippen LogP contribution in [-0.4, -0.2) is 25.0 Å². The second-order valence-corrected chi connectivity index (χ2v) is 6.59. The van der Waals surface area contributed by atoms with Gasteiger partial charge in [0.05, 0.1) is 0 Å². The van der Waals surface area contributed by atoms with Crippen LogP contribution in [0.25, 0.3) is 0 Å². The van der Waals surface area contributed by atoms with Crippen molar-refractivity contribution < 1.29 is 0 Å². The minimum atomic E-state index is 0.281. The van der Waals surface area contributed by atoms with Gasteiger partial charge < -0.3 is 5.73 Å². The molecule has 2 unspecified atom stereocenters. The molecular weight excluding hydrogens is 356 g/mol. The maximum atomic E-state index is 5.94. The summed E-state index contributed by atoms with van der Waals surface area (Å²) in [4.78, 5) is 2.35. The highest BCUT2D eigenvalue weighted by atomic mass is 79.9. The summed E-state index contributed by atoms with van der Waals surface area (Å²) in [5.74, 6) is 0.697. The van der Waals surface area contributed by atoms with E-state index in [2.05, 4.69) is 75.9 Å². The van der Waals surface area contributed by atoms with E-state index in [1.807, 2.05) is 0 Å². The van der Waals surface area contributed by atoms with Crippen LogP contribution in [0.5, 0.6) is 0 Å². The number of nitrogens with zero attached hydrogens (tertiary/aromatic N) is 1. The normalized spacial score (nSPS) is 14.8.